The third-order valence-electron chi connectivity index (χ3n) is 3.53. The van der Waals surface area contributed by atoms with Gasteiger partial charge >= 0.3 is 0 Å². The number of ether oxygens (including phenoxy) is 2. The van der Waals surface area contributed by atoms with Crippen molar-refractivity contribution in [3.63, 3.8) is 0 Å². The Balaban J connectivity index is 1.70. The van der Waals surface area contributed by atoms with Crippen molar-refractivity contribution in [3.05, 3.63) is 72.9 Å². The second-order valence-electron chi connectivity index (χ2n) is 5.45. The van der Waals surface area contributed by atoms with E-state index in [2.05, 4.69) is 22.0 Å². The van der Waals surface area contributed by atoms with Gasteiger partial charge < -0.3 is 9.47 Å². The second kappa shape index (κ2) is 11.2. The molecule has 1 aromatic heterocycles. The Morgan fingerprint density at radius 3 is 3.04 bits per heavy atom. The summed E-state index contributed by atoms with van der Waals surface area (Å²) in [6, 6.07) is 5.56. The summed E-state index contributed by atoms with van der Waals surface area (Å²) in [6.07, 6.45) is 17.6. The van der Waals surface area contributed by atoms with Gasteiger partial charge in [-0.15, -0.1) is 0 Å². The maximum absolute atomic E-state index is 5.83. The lowest BCUT2D eigenvalue weighted by Gasteiger charge is -2.22. The molecule has 4 heteroatoms. The minimum absolute atomic E-state index is 0.575. The minimum atomic E-state index is 0.575. The lowest BCUT2D eigenvalue weighted by Crippen LogP contribution is -2.28. The molecule has 0 aromatic carbocycles. The third-order valence-corrected chi connectivity index (χ3v) is 3.53. The van der Waals surface area contributed by atoms with Crippen LogP contribution in [0.1, 0.15) is 19.8 Å². The molecule has 0 saturated carbocycles. The van der Waals surface area contributed by atoms with Crippen LogP contribution < -0.4 is 4.74 Å². The fourth-order valence-corrected chi connectivity index (χ4v) is 2.35. The number of nitrogens with zero attached hydrogens (tertiary/aromatic N) is 2. The van der Waals surface area contributed by atoms with Crippen LogP contribution in [0, 0.1) is 0 Å². The molecule has 0 fully saturated rings. The van der Waals surface area contributed by atoms with Crippen molar-refractivity contribution in [2.45, 2.75) is 19.8 Å². The maximum Gasteiger partial charge on any atom is 0.218 e. The highest BCUT2D eigenvalue weighted by Crippen LogP contribution is 2.06. The zero-order valence-corrected chi connectivity index (χ0v) is 14.3. The Labute approximate surface area is 144 Å². The van der Waals surface area contributed by atoms with E-state index in [4.69, 9.17) is 9.47 Å². The maximum atomic E-state index is 5.83. The normalized spacial score (nSPS) is 16.1. The van der Waals surface area contributed by atoms with Crippen LogP contribution in [0.3, 0.4) is 0 Å². The Morgan fingerprint density at radius 2 is 2.29 bits per heavy atom. The van der Waals surface area contributed by atoms with Gasteiger partial charge in [-0.2, -0.15) is 0 Å². The van der Waals surface area contributed by atoms with Gasteiger partial charge in [0, 0.05) is 31.9 Å². The first-order valence-corrected chi connectivity index (χ1v) is 8.46. The standard InChI is InChI=1S/C20H26N2O2/c1-2-10-19(11-8-17-24-20-12-4-5-13-21-20)23-18-9-16-22-14-6-3-7-15-22/h2-6,8,10-13,17H,7,9,14-16,18H2,1H3/b10-2-,17-8+,19-11+. The fraction of sp³-hybridized carbons (Fsp3) is 0.350. The summed E-state index contributed by atoms with van der Waals surface area (Å²) in [7, 11) is 0. The van der Waals surface area contributed by atoms with E-state index in [0.29, 0.717) is 12.5 Å². The van der Waals surface area contributed by atoms with E-state index < -0.39 is 0 Å². The number of hydrogen-bond donors (Lipinski definition) is 0. The molecule has 1 aromatic rings. The molecule has 0 bridgehead atoms. The lowest BCUT2D eigenvalue weighted by atomic mass is 10.2. The van der Waals surface area contributed by atoms with Crippen molar-refractivity contribution in [3.8, 4) is 5.88 Å². The monoisotopic (exact) mass is 326 g/mol. The molecule has 2 rings (SSSR count). The molecular formula is C20H26N2O2. The van der Waals surface area contributed by atoms with Gasteiger partial charge in [-0.3, -0.25) is 4.90 Å². The van der Waals surface area contributed by atoms with E-state index >= 15 is 0 Å². The molecule has 1 aliphatic heterocycles. The molecular weight excluding hydrogens is 300 g/mol. The first kappa shape index (κ1) is 18.0. The summed E-state index contributed by atoms with van der Waals surface area (Å²) in [5.74, 6) is 1.41. The Bertz CT molecular complexity index is 577. The van der Waals surface area contributed by atoms with Gasteiger partial charge in [-0.25, -0.2) is 4.98 Å². The molecule has 128 valence electrons. The number of allylic oxidation sites excluding steroid dienone is 4. The van der Waals surface area contributed by atoms with E-state index in [1.807, 2.05) is 49.4 Å². The summed E-state index contributed by atoms with van der Waals surface area (Å²) >= 11 is 0. The van der Waals surface area contributed by atoms with Crippen LogP contribution in [0.25, 0.3) is 0 Å². The predicted molar refractivity (Wildman–Crippen MR) is 97.7 cm³/mol. The second-order valence-corrected chi connectivity index (χ2v) is 5.45. The number of aromatic nitrogens is 1. The molecule has 4 nitrogen and oxygen atoms in total. The van der Waals surface area contributed by atoms with Crippen molar-refractivity contribution in [2.24, 2.45) is 0 Å². The zero-order chi connectivity index (χ0) is 16.9. The number of rotatable bonds is 9. The van der Waals surface area contributed by atoms with E-state index in [9.17, 15) is 0 Å². The third kappa shape index (κ3) is 7.29. The summed E-state index contributed by atoms with van der Waals surface area (Å²) in [4.78, 5) is 6.54. The van der Waals surface area contributed by atoms with E-state index in [1.165, 1.54) is 0 Å². The highest BCUT2D eigenvalue weighted by Gasteiger charge is 2.05. The van der Waals surface area contributed by atoms with Crippen LogP contribution in [0.5, 0.6) is 5.88 Å². The SMILES string of the molecule is C\C=C/C(=C\C=C\Oc1ccccn1)OCCCN1CC=CCC1. The number of hydrogen-bond acceptors (Lipinski definition) is 4. The largest absolute Gasteiger partial charge is 0.494 e. The van der Waals surface area contributed by atoms with Gasteiger partial charge in [0.2, 0.25) is 5.88 Å². The van der Waals surface area contributed by atoms with Crippen molar-refractivity contribution >= 4 is 0 Å². The highest BCUT2D eigenvalue weighted by molar-refractivity contribution is 5.18. The van der Waals surface area contributed by atoms with E-state index in [-0.39, 0.29) is 0 Å². The van der Waals surface area contributed by atoms with Crippen molar-refractivity contribution in [1.29, 1.82) is 0 Å². The van der Waals surface area contributed by atoms with Gasteiger partial charge in [0.1, 0.15) is 5.76 Å². The summed E-state index contributed by atoms with van der Waals surface area (Å²) < 4.78 is 11.2. The molecule has 0 atom stereocenters. The van der Waals surface area contributed by atoms with Crippen LogP contribution in [-0.2, 0) is 4.74 Å². The molecule has 0 unspecified atom stereocenters. The van der Waals surface area contributed by atoms with Crippen molar-refractivity contribution in [2.75, 3.05) is 26.2 Å². The summed E-state index contributed by atoms with van der Waals surface area (Å²) in [5.41, 5.74) is 0. The molecule has 1 aliphatic rings. The molecule has 0 amide bonds. The van der Waals surface area contributed by atoms with Gasteiger partial charge in [0.25, 0.3) is 0 Å². The Kier molecular flexibility index (Phi) is 8.44. The van der Waals surface area contributed by atoms with Gasteiger partial charge in [0.05, 0.1) is 12.9 Å². The first-order valence-electron chi connectivity index (χ1n) is 8.46. The first-order chi connectivity index (χ1) is 11.9. The Morgan fingerprint density at radius 1 is 1.33 bits per heavy atom. The van der Waals surface area contributed by atoms with E-state index in [0.717, 1.165) is 38.2 Å². The van der Waals surface area contributed by atoms with Gasteiger partial charge in [-0.05, 0) is 44.1 Å². The minimum Gasteiger partial charge on any atom is -0.494 e. The van der Waals surface area contributed by atoms with Crippen molar-refractivity contribution in [1.82, 2.24) is 9.88 Å². The molecule has 24 heavy (non-hydrogen) atoms. The molecule has 0 spiro atoms. The topological polar surface area (TPSA) is 34.6 Å². The zero-order valence-electron chi connectivity index (χ0n) is 14.3. The molecule has 0 radical (unpaired) electrons. The van der Waals surface area contributed by atoms with E-state index in [1.54, 1.807) is 12.5 Å². The Hall–Kier alpha value is -2.33. The van der Waals surface area contributed by atoms with Gasteiger partial charge in [-0.1, -0.05) is 24.3 Å². The smallest absolute Gasteiger partial charge is 0.218 e. The lowest BCUT2D eigenvalue weighted by molar-refractivity contribution is 0.194. The number of pyridine rings is 1. The average Bonchev–Trinajstić information content (AvgIpc) is 2.64. The van der Waals surface area contributed by atoms with Crippen LogP contribution >= 0.6 is 0 Å². The summed E-state index contributed by atoms with van der Waals surface area (Å²) in [6.45, 7) is 5.98. The molecule has 0 saturated heterocycles. The van der Waals surface area contributed by atoms with Crippen LogP contribution in [0.4, 0.5) is 0 Å². The van der Waals surface area contributed by atoms with Crippen molar-refractivity contribution < 1.29 is 9.47 Å². The van der Waals surface area contributed by atoms with Gasteiger partial charge in [0.15, 0.2) is 0 Å². The highest BCUT2D eigenvalue weighted by atomic mass is 16.5. The molecule has 0 N–H and O–H groups in total. The van der Waals surface area contributed by atoms with Crippen LogP contribution in [0.2, 0.25) is 0 Å². The molecule has 0 aliphatic carbocycles. The van der Waals surface area contributed by atoms with Crippen LogP contribution in [-0.4, -0.2) is 36.1 Å². The molecule has 2 heterocycles. The predicted octanol–water partition coefficient (Wildman–Crippen LogP) is 4.10. The quantitative estimate of drug-likeness (QED) is 0.296. The fourth-order valence-electron chi connectivity index (χ4n) is 2.35. The average molecular weight is 326 g/mol. The van der Waals surface area contributed by atoms with Crippen LogP contribution in [0.15, 0.2) is 72.9 Å². The summed E-state index contributed by atoms with van der Waals surface area (Å²) in [5, 5.41) is 0.